The quantitative estimate of drug-likeness (QED) is 0.818. The zero-order valence-corrected chi connectivity index (χ0v) is 13.6. The highest BCUT2D eigenvalue weighted by Crippen LogP contribution is 2.18. The van der Waals surface area contributed by atoms with Crippen molar-refractivity contribution < 1.29 is 12.8 Å². The van der Waals surface area contributed by atoms with Gasteiger partial charge in [0.2, 0.25) is 10.0 Å². The van der Waals surface area contributed by atoms with Crippen LogP contribution >= 0.6 is 11.8 Å². The summed E-state index contributed by atoms with van der Waals surface area (Å²) in [5.41, 5.74) is 1.36. The molecule has 0 unspecified atom stereocenters. The predicted octanol–water partition coefficient (Wildman–Crippen LogP) is 3.13. The Morgan fingerprint density at radius 3 is 2.57 bits per heavy atom. The van der Waals surface area contributed by atoms with E-state index in [1.807, 2.05) is 24.5 Å². The molecule has 1 heterocycles. The summed E-state index contributed by atoms with van der Waals surface area (Å²) in [5.74, 6) is 2.65. The predicted molar refractivity (Wildman–Crippen MR) is 88.2 cm³/mol. The summed E-state index contributed by atoms with van der Waals surface area (Å²) in [7, 11) is -3.26. The van der Waals surface area contributed by atoms with Crippen LogP contribution in [0.3, 0.4) is 0 Å². The van der Waals surface area contributed by atoms with Gasteiger partial charge < -0.3 is 9.73 Å². The Hall–Kier alpha value is -1.60. The van der Waals surface area contributed by atoms with Gasteiger partial charge in [0, 0.05) is 5.69 Å². The lowest BCUT2D eigenvalue weighted by molar-refractivity contribution is 0.487. The van der Waals surface area contributed by atoms with Gasteiger partial charge in [-0.1, -0.05) is 6.07 Å². The van der Waals surface area contributed by atoms with Gasteiger partial charge >= 0.3 is 0 Å². The number of furan rings is 1. The molecule has 7 heteroatoms. The Balaban J connectivity index is 1.97. The SMILES string of the molecule is CSCc1ccc(CNc2cccc(NS(C)(=O)=O)c2)o1. The second-order valence-corrected chi connectivity index (χ2v) is 7.22. The molecule has 0 aliphatic carbocycles. The van der Waals surface area contributed by atoms with Crippen molar-refractivity contribution in [2.24, 2.45) is 0 Å². The summed E-state index contributed by atoms with van der Waals surface area (Å²) < 4.78 is 30.5. The summed E-state index contributed by atoms with van der Waals surface area (Å²) in [4.78, 5) is 0. The van der Waals surface area contributed by atoms with E-state index >= 15 is 0 Å². The monoisotopic (exact) mass is 326 g/mol. The number of benzene rings is 1. The van der Waals surface area contributed by atoms with Crippen molar-refractivity contribution >= 4 is 33.2 Å². The van der Waals surface area contributed by atoms with Crippen molar-refractivity contribution in [3.8, 4) is 0 Å². The molecule has 2 N–H and O–H groups in total. The van der Waals surface area contributed by atoms with Crippen molar-refractivity contribution in [1.82, 2.24) is 0 Å². The number of nitrogens with one attached hydrogen (secondary N) is 2. The standard InChI is InChI=1S/C14H18N2O3S2/c1-20-10-14-7-6-13(19-14)9-15-11-4-3-5-12(8-11)16-21(2,17)18/h3-8,15-16H,9-10H2,1-2H3. The molecule has 5 nitrogen and oxygen atoms in total. The van der Waals surface area contributed by atoms with Crippen LogP contribution < -0.4 is 10.0 Å². The number of rotatable bonds is 7. The smallest absolute Gasteiger partial charge is 0.229 e. The third kappa shape index (κ3) is 5.35. The third-order valence-electron chi connectivity index (χ3n) is 2.64. The normalized spacial score (nSPS) is 11.3. The Bertz CT molecular complexity index is 696. The molecule has 114 valence electrons. The van der Waals surface area contributed by atoms with E-state index in [9.17, 15) is 8.42 Å². The molecule has 21 heavy (non-hydrogen) atoms. The van der Waals surface area contributed by atoms with E-state index in [4.69, 9.17) is 4.42 Å². The minimum absolute atomic E-state index is 0.532. The van der Waals surface area contributed by atoms with Gasteiger partial charge in [0.1, 0.15) is 11.5 Å². The average molecular weight is 326 g/mol. The molecule has 2 aromatic rings. The van der Waals surface area contributed by atoms with Gasteiger partial charge in [0.05, 0.1) is 24.2 Å². The van der Waals surface area contributed by atoms with Crippen LogP contribution in [0.4, 0.5) is 11.4 Å². The number of hydrogen-bond acceptors (Lipinski definition) is 5. The van der Waals surface area contributed by atoms with E-state index in [1.54, 1.807) is 30.0 Å². The molecule has 2 rings (SSSR count). The molecule has 1 aromatic carbocycles. The average Bonchev–Trinajstić information content (AvgIpc) is 2.83. The van der Waals surface area contributed by atoms with Crippen molar-refractivity contribution in [1.29, 1.82) is 0 Å². The number of hydrogen-bond donors (Lipinski definition) is 2. The van der Waals surface area contributed by atoms with Gasteiger partial charge in [-0.15, -0.1) is 0 Å². The van der Waals surface area contributed by atoms with E-state index in [2.05, 4.69) is 10.0 Å². The first-order valence-electron chi connectivity index (χ1n) is 6.34. The van der Waals surface area contributed by atoms with Gasteiger partial charge in [-0.25, -0.2) is 8.42 Å². The molecule has 0 aliphatic rings. The second kappa shape index (κ2) is 6.91. The summed E-state index contributed by atoms with van der Waals surface area (Å²) in [6.45, 7) is 0.552. The summed E-state index contributed by atoms with van der Waals surface area (Å²) >= 11 is 1.71. The van der Waals surface area contributed by atoms with Crippen molar-refractivity contribution in [2.75, 3.05) is 22.6 Å². The maximum Gasteiger partial charge on any atom is 0.229 e. The Morgan fingerprint density at radius 2 is 1.86 bits per heavy atom. The van der Waals surface area contributed by atoms with Crippen LogP contribution in [0, 0.1) is 0 Å². The van der Waals surface area contributed by atoms with Crippen LogP contribution in [0.25, 0.3) is 0 Å². The van der Waals surface area contributed by atoms with E-state index in [1.165, 1.54) is 0 Å². The fourth-order valence-electron chi connectivity index (χ4n) is 1.83. The first-order chi connectivity index (χ1) is 9.96. The van der Waals surface area contributed by atoms with Crippen LogP contribution in [0.5, 0.6) is 0 Å². The molecule has 0 fully saturated rings. The molecule has 0 spiro atoms. The lowest BCUT2D eigenvalue weighted by Crippen LogP contribution is -2.09. The molecule has 0 amide bonds. The summed E-state index contributed by atoms with van der Waals surface area (Å²) in [5, 5.41) is 3.21. The molecule has 0 atom stereocenters. The van der Waals surface area contributed by atoms with Crippen LogP contribution in [-0.4, -0.2) is 20.9 Å². The third-order valence-corrected chi connectivity index (χ3v) is 3.82. The minimum atomic E-state index is -3.26. The number of sulfonamides is 1. The van der Waals surface area contributed by atoms with Gasteiger partial charge in [0.25, 0.3) is 0 Å². The van der Waals surface area contributed by atoms with E-state index < -0.39 is 10.0 Å². The van der Waals surface area contributed by atoms with Crippen molar-refractivity contribution in [2.45, 2.75) is 12.3 Å². The van der Waals surface area contributed by atoms with E-state index in [0.29, 0.717) is 12.2 Å². The van der Waals surface area contributed by atoms with Crippen molar-refractivity contribution in [3.63, 3.8) is 0 Å². The molecular weight excluding hydrogens is 308 g/mol. The number of anilines is 2. The molecule has 0 radical (unpaired) electrons. The van der Waals surface area contributed by atoms with Crippen molar-refractivity contribution in [3.05, 3.63) is 47.9 Å². The summed E-state index contributed by atoms with van der Waals surface area (Å²) in [6, 6.07) is 11.0. The van der Waals surface area contributed by atoms with Gasteiger partial charge in [0.15, 0.2) is 0 Å². The first kappa shape index (κ1) is 15.8. The zero-order chi connectivity index (χ0) is 15.3. The largest absolute Gasteiger partial charge is 0.463 e. The lowest BCUT2D eigenvalue weighted by Gasteiger charge is -2.08. The van der Waals surface area contributed by atoms with Crippen LogP contribution in [0.1, 0.15) is 11.5 Å². The molecule has 0 aliphatic heterocycles. The highest BCUT2D eigenvalue weighted by Gasteiger charge is 2.04. The Morgan fingerprint density at radius 1 is 1.14 bits per heavy atom. The van der Waals surface area contributed by atoms with E-state index in [-0.39, 0.29) is 0 Å². The maximum absolute atomic E-state index is 11.2. The Labute approximate surface area is 129 Å². The van der Waals surface area contributed by atoms with Crippen LogP contribution in [0.15, 0.2) is 40.8 Å². The molecule has 1 aromatic heterocycles. The fourth-order valence-corrected chi connectivity index (χ4v) is 2.83. The van der Waals surface area contributed by atoms with Gasteiger partial charge in [-0.2, -0.15) is 11.8 Å². The van der Waals surface area contributed by atoms with E-state index in [0.717, 1.165) is 29.2 Å². The second-order valence-electron chi connectivity index (χ2n) is 4.61. The topological polar surface area (TPSA) is 71.3 Å². The minimum Gasteiger partial charge on any atom is -0.463 e. The summed E-state index contributed by atoms with van der Waals surface area (Å²) in [6.07, 6.45) is 3.16. The molecular formula is C14H18N2O3S2. The van der Waals surface area contributed by atoms with Crippen LogP contribution in [0.2, 0.25) is 0 Å². The van der Waals surface area contributed by atoms with Crippen LogP contribution in [-0.2, 0) is 22.3 Å². The van der Waals surface area contributed by atoms with Gasteiger partial charge in [-0.3, -0.25) is 4.72 Å². The molecule has 0 saturated heterocycles. The highest BCUT2D eigenvalue weighted by atomic mass is 32.2. The number of thioether (sulfide) groups is 1. The maximum atomic E-state index is 11.2. The first-order valence-corrected chi connectivity index (χ1v) is 9.63. The van der Waals surface area contributed by atoms with Gasteiger partial charge in [-0.05, 0) is 36.6 Å². The zero-order valence-electron chi connectivity index (χ0n) is 11.9. The Kier molecular flexibility index (Phi) is 5.19. The molecule has 0 bridgehead atoms. The highest BCUT2D eigenvalue weighted by molar-refractivity contribution is 7.97. The fraction of sp³-hybridized carbons (Fsp3) is 0.286. The lowest BCUT2D eigenvalue weighted by atomic mass is 10.3. The molecule has 0 saturated carbocycles.